The summed E-state index contributed by atoms with van der Waals surface area (Å²) in [6, 6.07) is 0. The summed E-state index contributed by atoms with van der Waals surface area (Å²) in [6.07, 6.45) is 0. The van der Waals surface area contributed by atoms with Crippen LogP contribution in [0.3, 0.4) is 0 Å². The van der Waals surface area contributed by atoms with Crippen molar-refractivity contribution in [3.8, 4) is 0 Å². The van der Waals surface area contributed by atoms with E-state index in [1.807, 2.05) is 0 Å². The summed E-state index contributed by atoms with van der Waals surface area (Å²) in [5.41, 5.74) is 0. The van der Waals surface area contributed by atoms with E-state index in [9.17, 15) is 4.57 Å². The van der Waals surface area contributed by atoms with Gasteiger partial charge in [-0.15, -0.1) is 0 Å². The number of phosphoric acid groups is 1. The van der Waals surface area contributed by atoms with Gasteiger partial charge in [0.25, 0.3) is 0 Å². The Labute approximate surface area is 40.9 Å². The van der Waals surface area contributed by atoms with E-state index in [-0.39, 0.29) is 0 Å². The second kappa shape index (κ2) is 1.30. The first-order valence-electron chi connectivity index (χ1n) is 1.08. The van der Waals surface area contributed by atoms with Crippen LogP contribution < -0.4 is 0 Å². The van der Waals surface area contributed by atoms with E-state index in [4.69, 9.17) is 4.89 Å². The van der Waals surface area contributed by atoms with Crippen LogP contribution in [0.4, 0.5) is 0 Å². The van der Waals surface area contributed by atoms with Crippen molar-refractivity contribution in [2.24, 2.45) is 0 Å². The third-order valence-electron chi connectivity index (χ3n) is 0.249. The average Bonchev–Trinajstić information content (AvgIpc) is 1.32. The first-order valence-corrected chi connectivity index (χ1v) is 3.98. The molecule has 0 aromatic heterocycles. The van der Waals surface area contributed by atoms with Crippen LogP contribution in [0.1, 0.15) is 0 Å². The third kappa shape index (κ3) is 0.819. The fourth-order valence-corrected chi connectivity index (χ4v) is 1.29. The molecule has 1 aliphatic rings. The molecule has 0 spiro atoms. The van der Waals surface area contributed by atoms with E-state index < -0.39 is 23.4 Å². The average molecular weight is 175 g/mol. The molecule has 1 aliphatic heterocycles. The minimum absolute atomic E-state index is 0.482. The number of hydrogen-bond acceptors (Lipinski definition) is 3. The zero-order valence-electron chi connectivity index (χ0n) is 2.53. The van der Waals surface area contributed by atoms with Crippen molar-refractivity contribution in [1.29, 1.82) is 0 Å². The molecule has 6 heavy (non-hydrogen) atoms. The summed E-state index contributed by atoms with van der Waals surface area (Å²) in [6.45, 7) is 0. The summed E-state index contributed by atoms with van der Waals surface area (Å²) >= 11 is -0.482. The van der Waals surface area contributed by atoms with Crippen molar-refractivity contribution >= 4 is 23.4 Å². The molecule has 0 saturated carbocycles. The Morgan fingerprint density at radius 1 is 1.67 bits per heavy atom. The Kier molecular flexibility index (Phi) is 1.04. The van der Waals surface area contributed by atoms with Gasteiger partial charge in [-0.3, -0.25) is 0 Å². The van der Waals surface area contributed by atoms with Crippen LogP contribution in [-0.2, 0) is 11.8 Å². The van der Waals surface area contributed by atoms with Gasteiger partial charge in [0.1, 0.15) is 0 Å². The predicted octanol–water partition coefficient (Wildman–Crippen LogP) is -0.332. The molecule has 1 heterocycles. The maximum absolute atomic E-state index is 9.80. The molecule has 0 atom stereocenters. The van der Waals surface area contributed by atoms with Crippen molar-refractivity contribution in [1.82, 2.24) is 0 Å². The van der Waals surface area contributed by atoms with Crippen LogP contribution in [0.5, 0.6) is 0 Å². The molecular weight excluding hydrogens is 174 g/mol. The van der Waals surface area contributed by atoms with Crippen LogP contribution in [0, 0.1) is 0 Å². The summed E-state index contributed by atoms with van der Waals surface area (Å²) in [4.78, 5) is 8.04. The fourth-order valence-electron chi connectivity index (χ4n) is 0.0825. The summed E-state index contributed by atoms with van der Waals surface area (Å²) < 4.78 is 17.9. The van der Waals surface area contributed by atoms with Crippen LogP contribution in [0.15, 0.2) is 0 Å². The monoisotopic (exact) mass is 176 g/mol. The summed E-state index contributed by atoms with van der Waals surface area (Å²) in [5.74, 6) is 0. The van der Waals surface area contributed by atoms with Crippen molar-refractivity contribution in [2.75, 3.05) is 0 Å². The molecule has 4 nitrogen and oxygen atoms in total. The first-order chi connectivity index (χ1) is 2.71. The molecule has 1 saturated heterocycles. The molecule has 0 aromatic carbocycles. The van der Waals surface area contributed by atoms with E-state index in [2.05, 4.69) is 7.21 Å². The van der Waals surface area contributed by atoms with Gasteiger partial charge in [-0.25, -0.2) is 0 Å². The van der Waals surface area contributed by atoms with E-state index in [1.54, 1.807) is 0 Å². The Balaban J connectivity index is 2.53. The molecule has 0 aromatic rings. The minimum atomic E-state index is -3.44. The zero-order chi connectivity index (χ0) is 4.62. The second-order valence-electron chi connectivity index (χ2n) is 0.686. The van der Waals surface area contributed by atoms with Gasteiger partial charge < -0.3 is 0 Å². The van der Waals surface area contributed by atoms with Crippen LogP contribution >= 0.6 is 7.82 Å². The molecule has 1 rings (SSSR count). The molecule has 0 unspecified atom stereocenters. The van der Waals surface area contributed by atoms with Crippen molar-refractivity contribution in [2.45, 2.75) is 0 Å². The van der Waals surface area contributed by atoms with Gasteiger partial charge in [0.2, 0.25) is 0 Å². The van der Waals surface area contributed by atoms with Crippen molar-refractivity contribution in [3.05, 3.63) is 0 Å². The molecular formula is HO4PSe. The molecule has 0 aliphatic carbocycles. The van der Waals surface area contributed by atoms with Crippen molar-refractivity contribution < 1.29 is 16.7 Å². The normalized spacial score (nSPS) is 28.8. The summed E-state index contributed by atoms with van der Waals surface area (Å²) in [5, 5.41) is 0. The zero-order valence-corrected chi connectivity index (χ0v) is 5.13. The first kappa shape index (κ1) is 4.78. The van der Waals surface area contributed by atoms with Crippen LogP contribution in [0.2, 0.25) is 0 Å². The number of hydrogen-bond donors (Lipinski definition) is 1. The maximum atomic E-state index is 9.80. The van der Waals surface area contributed by atoms with E-state index in [1.165, 1.54) is 0 Å². The molecule has 1 fully saturated rings. The molecule has 0 bridgehead atoms. The van der Waals surface area contributed by atoms with Gasteiger partial charge in [0.15, 0.2) is 0 Å². The van der Waals surface area contributed by atoms with Gasteiger partial charge in [0, 0.05) is 0 Å². The molecule has 36 valence electrons. The predicted molar refractivity (Wildman–Crippen MR) is 17.7 cm³/mol. The Hall–Kier alpha value is 0.629. The van der Waals surface area contributed by atoms with Gasteiger partial charge in [0.05, 0.1) is 0 Å². The SMILES string of the molecule is O=P1(O)O[Se]O1. The van der Waals surface area contributed by atoms with Gasteiger partial charge in [-0.05, 0) is 0 Å². The fraction of sp³-hybridized carbons (Fsp3) is 0. The third-order valence-corrected chi connectivity index (χ3v) is 3.89. The van der Waals surface area contributed by atoms with Crippen LogP contribution in [0.25, 0.3) is 0 Å². The molecule has 0 amide bonds. The Morgan fingerprint density at radius 3 is 2.00 bits per heavy atom. The quantitative estimate of drug-likeness (QED) is 0.404. The van der Waals surface area contributed by atoms with E-state index in [0.29, 0.717) is 0 Å². The molecule has 0 radical (unpaired) electrons. The molecule has 6 heteroatoms. The number of rotatable bonds is 0. The standard InChI is InChI=1S/HO4PSe/c1-5(2)3-6-4-5/h(H,1,2). The second-order valence-corrected chi connectivity index (χ2v) is 4.08. The Bertz CT molecular complexity index is 89.7. The van der Waals surface area contributed by atoms with Gasteiger partial charge >= 0.3 is 40.1 Å². The Morgan fingerprint density at radius 2 is 2.00 bits per heavy atom. The topological polar surface area (TPSA) is 55.8 Å². The van der Waals surface area contributed by atoms with E-state index >= 15 is 0 Å². The van der Waals surface area contributed by atoms with Gasteiger partial charge in [-0.2, -0.15) is 0 Å². The summed E-state index contributed by atoms with van der Waals surface area (Å²) in [7, 11) is -3.44. The van der Waals surface area contributed by atoms with E-state index in [0.717, 1.165) is 0 Å². The van der Waals surface area contributed by atoms with Crippen LogP contribution in [-0.4, -0.2) is 20.5 Å². The molecule has 1 N–H and O–H groups in total. The van der Waals surface area contributed by atoms with Gasteiger partial charge in [-0.1, -0.05) is 0 Å². The van der Waals surface area contributed by atoms with Crippen molar-refractivity contribution in [3.63, 3.8) is 0 Å².